The van der Waals surface area contributed by atoms with Crippen molar-refractivity contribution in [2.75, 3.05) is 0 Å². The number of hydrogen-bond acceptors (Lipinski definition) is 0. The molecule has 0 amide bonds. The molecular formula is C64H44Si. The minimum atomic E-state index is -3.03. The van der Waals surface area contributed by atoms with Crippen LogP contribution in [0.4, 0.5) is 0 Å². The zero-order valence-electron chi connectivity index (χ0n) is 35.9. The van der Waals surface area contributed by atoms with Gasteiger partial charge in [0.25, 0.3) is 0 Å². The number of hydrogen-bond donors (Lipinski definition) is 0. The van der Waals surface area contributed by atoms with Gasteiger partial charge < -0.3 is 0 Å². The molecule has 304 valence electrons. The summed E-state index contributed by atoms with van der Waals surface area (Å²) in [5.41, 5.74) is 10.0. The molecule has 65 heavy (non-hydrogen) atoms. The molecule has 12 aromatic rings. The van der Waals surface area contributed by atoms with Crippen LogP contribution in [-0.2, 0) is 0 Å². The van der Waals surface area contributed by atoms with Crippen molar-refractivity contribution < 1.29 is 0 Å². The van der Waals surface area contributed by atoms with Gasteiger partial charge in [-0.05, 0) is 108 Å². The average molecular weight is 841 g/mol. The van der Waals surface area contributed by atoms with E-state index in [1.807, 2.05) is 0 Å². The molecule has 0 heterocycles. The lowest BCUT2D eigenvalue weighted by Gasteiger charge is -2.35. The van der Waals surface area contributed by atoms with Gasteiger partial charge >= 0.3 is 0 Å². The third-order valence-corrected chi connectivity index (χ3v) is 18.3. The summed E-state index contributed by atoms with van der Waals surface area (Å²) >= 11 is 0. The molecule has 0 spiro atoms. The molecule has 0 fully saturated rings. The van der Waals surface area contributed by atoms with Crippen LogP contribution in [0.15, 0.2) is 267 Å². The number of rotatable bonds is 8. The molecule has 0 nitrogen and oxygen atoms in total. The minimum Gasteiger partial charge on any atom is -0.0623 e. The zero-order chi connectivity index (χ0) is 43.2. The van der Waals surface area contributed by atoms with Crippen molar-refractivity contribution in [1.29, 1.82) is 0 Å². The normalized spacial score (nSPS) is 11.7. The monoisotopic (exact) mass is 840 g/mol. The molecule has 12 rings (SSSR count). The van der Waals surface area contributed by atoms with E-state index in [0.29, 0.717) is 0 Å². The summed E-state index contributed by atoms with van der Waals surface area (Å²) in [5.74, 6) is 0. The van der Waals surface area contributed by atoms with E-state index in [0.717, 1.165) is 0 Å². The maximum atomic E-state index is 2.54. The van der Waals surface area contributed by atoms with Crippen LogP contribution < -0.4 is 20.7 Å². The molecule has 0 atom stereocenters. The fourth-order valence-electron chi connectivity index (χ4n) is 10.9. The van der Waals surface area contributed by atoms with Gasteiger partial charge in [0, 0.05) is 0 Å². The van der Waals surface area contributed by atoms with Gasteiger partial charge in [0.1, 0.15) is 0 Å². The Labute approximate surface area is 381 Å². The smallest absolute Gasteiger partial charge is 0.0623 e. The molecule has 0 bridgehead atoms. The highest BCUT2D eigenvalue weighted by Gasteiger charge is 2.42. The molecule has 12 aromatic carbocycles. The van der Waals surface area contributed by atoms with Crippen molar-refractivity contribution in [3.8, 4) is 44.5 Å². The first-order chi connectivity index (χ1) is 32.3. The summed E-state index contributed by atoms with van der Waals surface area (Å²) in [5, 5.41) is 15.5. The summed E-state index contributed by atoms with van der Waals surface area (Å²) in [6.07, 6.45) is 0. The zero-order valence-corrected chi connectivity index (χ0v) is 36.9. The summed E-state index contributed by atoms with van der Waals surface area (Å²) in [6.45, 7) is 0. The van der Waals surface area contributed by atoms with E-state index >= 15 is 0 Å². The maximum absolute atomic E-state index is 3.03. The fraction of sp³-hybridized carbons (Fsp3) is 0. The Morgan fingerprint density at radius 1 is 0.169 bits per heavy atom. The average Bonchev–Trinajstić information content (AvgIpc) is 3.38. The molecule has 0 aliphatic carbocycles. The van der Waals surface area contributed by atoms with E-state index in [4.69, 9.17) is 0 Å². The highest BCUT2D eigenvalue weighted by molar-refractivity contribution is 7.20. The van der Waals surface area contributed by atoms with Crippen molar-refractivity contribution in [2.24, 2.45) is 0 Å². The number of fused-ring (bicyclic) bond motifs is 4. The van der Waals surface area contributed by atoms with Gasteiger partial charge in [-0.1, -0.05) is 267 Å². The van der Waals surface area contributed by atoms with Crippen molar-refractivity contribution in [1.82, 2.24) is 0 Å². The quantitative estimate of drug-likeness (QED) is 0.0812. The van der Waals surface area contributed by atoms with Crippen LogP contribution in [-0.4, -0.2) is 8.07 Å². The Bertz CT molecular complexity index is 3330. The lowest BCUT2D eigenvalue weighted by molar-refractivity contribution is 1.64. The fourth-order valence-corrected chi connectivity index (χ4v) is 15.7. The van der Waals surface area contributed by atoms with Gasteiger partial charge in [-0.15, -0.1) is 0 Å². The van der Waals surface area contributed by atoms with E-state index in [1.54, 1.807) is 0 Å². The van der Waals surface area contributed by atoms with Crippen LogP contribution in [0.3, 0.4) is 0 Å². The molecule has 0 unspecified atom stereocenters. The van der Waals surface area contributed by atoms with Gasteiger partial charge in [0.2, 0.25) is 0 Å². The summed E-state index contributed by atoms with van der Waals surface area (Å²) in [4.78, 5) is 0. The first-order valence-electron chi connectivity index (χ1n) is 22.6. The number of benzene rings is 12. The van der Waals surface area contributed by atoms with Crippen LogP contribution in [0, 0.1) is 0 Å². The third kappa shape index (κ3) is 6.35. The molecule has 0 aliphatic rings. The Hall–Kier alpha value is -8.10. The summed E-state index contributed by atoms with van der Waals surface area (Å²) in [7, 11) is -3.03. The Kier molecular flexibility index (Phi) is 9.63. The van der Waals surface area contributed by atoms with Crippen molar-refractivity contribution in [3.63, 3.8) is 0 Å². The van der Waals surface area contributed by atoms with E-state index in [2.05, 4.69) is 267 Å². The predicted octanol–water partition coefficient (Wildman–Crippen LogP) is 14.3. The Balaban J connectivity index is 1.15. The molecule has 0 saturated heterocycles. The highest BCUT2D eigenvalue weighted by atomic mass is 28.3. The minimum absolute atomic E-state index is 1.22. The predicted molar refractivity (Wildman–Crippen MR) is 282 cm³/mol. The van der Waals surface area contributed by atoms with E-state index in [1.165, 1.54) is 108 Å². The lowest BCUT2D eigenvalue weighted by Crippen LogP contribution is -2.74. The molecule has 0 aliphatic heterocycles. The second kappa shape index (κ2) is 16.2. The van der Waals surface area contributed by atoms with Crippen molar-refractivity contribution >= 4 is 71.9 Å². The summed E-state index contributed by atoms with van der Waals surface area (Å²) in [6, 6.07) is 99.6. The Morgan fingerprint density at radius 2 is 0.385 bits per heavy atom. The van der Waals surface area contributed by atoms with Crippen molar-refractivity contribution in [3.05, 3.63) is 267 Å². The lowest BCUT2D eigenvalue weighted by atomic mass is 9.86. The first kappa shape index (κ1) is 38.6. The van der Waals surface area contributed by atoms with Crippen molar-refractivity contribution in [2.45, 2.75) is 0 Å². The molecule has 0 saturated carbocycles. The van der Waals surface area contributed by atoms with Gasteiger partial charge in [-0.3, -0.25) is 0 Å². The molecular weight excluding hydrogens is 797 g/mol. The second-order valence-electron chi connectivity index (χ2n) is 17.1. The topological polar surface area (TPSA) is 0 Å². The van der Waals surface area contributed by atoms with Gasteiger partial charge in [-0.25, -0.2) is 0 Å². The molecule has 0 N–H and O–H groups in total. The second-order valence-corrected chi connectivity index (χ2v) is 20.9. The highest BCUT2D eigenvalue weighted by Crippen LogP contribution is 2.45. The standard InChI is InChI=1S/C64H44Si/c1-5-23-45(24-6-1)61-53-35-13-17-39-57(53)63(58-40-18-14-36-54(58)61)47-27-21-33-51(43-47)65(49-29-9-3-10-30-49,50-31-11-4-12-32-50)52-34-22-28-48(44-52)64-59-41-19-15-37-55(59)62(46-25-7-2-8-26-46)56-38-16-20-42-60(56)64/h1-44H. The maximum Gasteiger partial charge on any atom is 0.179 e. The van der Waals surface area contributed by atoms with Gasteiger partial charge in [-0.2, -0.15) is 0 Å². The van der Waals surface area contributed by atoms with Crippen LogP contribution in [0.5, 0.6) is 0 Å². The van der Waals surface area contributed by atoms with Gasteiger partial charge in [0.05, 0.1) is 0 Å². The third-order valence-electron chi connectivity index (χ3n) is 13.6. The first-order valence-corrected chi connectivity index (χ1v) is 24.6. The Morgan fingerprint density at radius 3 is 0.677 bits per heavy atom. The molecule has 0 radical (unpaired) electrons. The van der Waals surface area contributed by atoms with E-state index < -0.39 is 8.07 Å². The molecule has 1 heteroatoms. The van der Waals surface area contributed by atoms with Crippen LogP contribution in [0.25, 0.3) is 87.6 Å². The van der Waals surface area contributed by atoms with Crippen LogP contribution in [0.1, 0.15) is 0 Å². The van der Waals surface area contributed by atoms with E-state index in [9.17, 15) is 0 Å². The SMILES string of the molecule is c1ccc(-c2c3ccccc3c(-c3cccc([Si](c4ccccc4)(c4ccccc4)c4cccc(-c5c6ccccc6c(-c6ccccc6)c6ccccc56)c4)c3)c3ccccc23)cc1. The van der Waals surface area contributed by atoms with Gasteiger partial charge in [0.15, 0.2) is 8.07 Å². The largest absolute Gasteiger partial charge is 0.179 e. The van der Waals surface area contributed by atoms with E-state index in [-0.39, 0.29) is 0 Å². The summed E-state index contributed by atoms with van der Waals surface area (Å²) < 4.78 is 0. The van der Waals surface area contributed by atoms with Crippen LogP contribution >= 0.6 is 0 Å². The molecule has 0 aromatic heterocycles. The van der Waals surface area contributed by atoms with Crippen LogP contribution in [0.2, 0.25) is 0 Å².